The second-order valence-corrected chi connectivity index (χ2v) is 7.27. The highest BCUT2D eigenvalue weighted by Crippen LogP contribution is 2.23. The number of benzene rings is 1. The molecule has 116 valence electrons. The first-order chi connectivity index (χ1) is 10.00. The van der Waals surface area contributed by atoms with E-state index in [1.165, 1.54) is 0 Å². The monoisotopic (exact) mass is 312 g/mol. The van der Waals surface area contributed by atoms with Crippen LogP contribution in [-0.2, 0) is 9.84 Å². The highest BCUT2D eigenvalue weighted by Gasteiger charge is 2.28. The zero-order chi connectivity index (χ0) is 15.3. The predicted molar refractivity (Wildman–Crippen MR) is 81.4 cm³/mol. The normalized spacial score (nSPS) is 20.0. The predicted octanol–water partition coefficient (Wildman–Crippen LogP) is 1.78. The number of carbonyl (C=O) groups is 1. The first-order valence-corrected chi connectivity index (χ1v) is 8.82. The highest BCUT2D eigenvalue weighted by molar-refractivity contribution is 7.91. The summed E-state index contributed by atoms with van der Waals surface area (Å²) in [5.74, 6) is 0.747. The van der Waals surface area contributed by atoms with Crippen LogP contribution in [0.25, 0.3) is 0 Å². The van der Waals surface area contributed by atoms with Gasteiger partial charge in [0.15, 0.2) is 9.84 Å². The third-order valence-electron chi connectivity index (χ3n) is 3.16. The average Bonchev–Trinajstić information content (AvgIpc) is 2.76. The van der Waals surface area contributed by atoms with Gasteiger partial charge in [-0.25, -0.2) is 13.2 Å². The third-order valence-corrected chi connectivity index (χ3v) is 4.93. The van der Waals surface area contributed by atoms with Gasteiger partial charge in [0.1, 0.15) is 5.75 Å². The van der Waals surface area contributed by atoms with Crippen LogP contribution in [-0.4, -0.2) is 38.6 Å². The summed E-state index contributed by atoms with van der Waals surface area (Å²) in [7, 11) is -3.00. The summed E-state index contributed by atoms with van der Waals surface area (Å²) in [6.07, 6.45) is 1.34. The molecule has 1 aliphatic rings. The number of nitrogens with one attached hydrogen (secondary N) is 2. The number of sulfone groups is 1. The lowest BCUT2D eigenvalue weighted by molar-refractivity contribution is 0.249. The average molecular weight is 312 g/mol. The van der Waals surface area contributed by atoms with Gasteiger partial charge in [-0.05, 0) is 25.0 Å². The van der Waals surface area contributed by atoms with E-state index in [4.69, 9.17) is 4.74 Å². The molecule has 0 spiro atoms. The number of hydrogen-bond donors (Lipinski definition) is 2. The second-order valence-electron chi connectivity index (χ2n) is 5.04. The first kappa shape index (κ1) is 15.6. The minimum atomic E-state index is -3.00. The Hall–Kier alpha value is -1.76. The van der Waals surface area contributed by atoms with E-state index < -0.39 is 15.9 Å². The van der Waals surface area contributed by atoms with Crippen LogP contribution in [0.4, 0.5) is 10.5 Å². The fourth-order valence-electron chi connectivity index (χ4n) is 2.16. The van der Waals surface area contributed by atoms with E-state index in [9.17, 15) is 13.2 Å². The maximum Gasteiger partial charge on any atom is 0.319 e. The van der Waals surface area contributed by atoms with Crippen molar-refractivity contribution < 1.29 is 17.9 Å². The number of carbonyl (C=O) groups excluding carboxylic acids is 1. The zero-order valence-corrected chi connectivity index (χ0v) is 12.8. The van der Waals surface area contributed by atoms with E-state index >= 15 is 0 Å². The number of urea groups is 1. The molecule has 0 unspecified atom stereocenters. The topological polar surface area (TPSA) is 84.5 Å². The van der Waals surface area contributed by atoms with Gasteiger partial charge in [0.05, 0.1) is 23.8 Å². The van der Waals surface area contributed by atoms with Crippen molar-refractivity contribution in [2.24, 2.45) is 0 Å². The van der Waals surface area contributed by atoms with Crippen LogP contribution in [0.2, 0.25) is 0 Å². The van der Waals surface area contributed by atoms with Crippen molar-refractivity contribution in [3.8, 4) is 5.75 Å². The molecule has 2 rings (SSSR count). The van der Waals surface area contributed by atoms with E-state index in [1.807, 2.05) is 13.0 Å². The molecule has 1 aromatic rings. The van der Waals surface area contributed by atoms with Gasteiger partial charge in [-0.3, -0.25) is 0 Å². The van der Waals surface area contributed by atoms with Crippen molar-refractivity contribution in [3.63, 3.8) is 0 Å². The van der Waals surface area contributed by atoms with Gasteiger partial charge in [-0.15, -0.1) is 0 Å². The molecule has 0 radical (unpaired) electrons. The largest absolute Gasteiger partial charge is 0.491 e. The quantitative estimate of drug-likeness (QED) is 0.868. The molecular formula is C14H20N2O4S. The molecule has 1 fully saturated rings. The number of amides is 2. The zero-order valence-electron chi connectivity index (χ0n) is 12.0. The lowest BCUT2D eigenvalue weighted by Gasteiger charge is -2.14. The van der Waals surface area contributed by atoms with Crippen LogP contribution in [0.3, 0.4) is 0 Å². The van der Waals surface area contributed by atoms with Crippen molar-refractivity contribution in [2.45, 2.75) is 25.8 Å². The molecular weight excluding hydrogens is 292 g/mol. The molecule has 1 heterocycles. The number of ether oxygens (including phenoxy) is 1. The minimum absolute atomic E-state index is 0.00833. The summed E-state index contributed by atoms with van der Waals surface area (Å²) < 4.78 is 28.3. The molecule has 7 heteroatoms. The second kappa shape index (κ2) is 6.80. The van der Waals surface area contributed by atoms with Gasteiger partial charge in [0.2, 0.25) is 0 Å². The third kappa shape index (κ3) is 4.63. The maximum atomic E-state index is 11.9. The molecule has 2 N–H and O–H groups in total. The van der Waals surface area contributed by atoms with Gasteiger partial charge in [0.25, 0.3) is 0 Å². The molecule has 1 aromatic carbocycles. The van der Waals surface area contributed by atoms with E-state index in [2.05, 4.69) is 10.6 Å². The van der Waals surface area contributed by atoms with Crippen LogP contribution in [0.1, 0.15) is 19.8 Å². The van der Waals surface area contributed by atoms with Crippen LogP contribution in [0, 0.1) is 0 Å². The lowest BCUT2D eigenvalue weighted by atomic mass is 10.2. The molecule has 2 amide bonds. The molecule has 1 saturated heterocycles. The Balaban J connectivity index is 1.93. The van der Waals surface area contributed by atoms with Crippen LogP contribution in [0.5, 0.6) is 5.75 Å². The standard InChI is InChI=1S/C14H20N2O4S/c1-2-8-20-13-6-4-3-5-12(13)16-14(17)15-11-7-9-21(18,19)10-11/h3-6,11H,2,7-10H2,1H3,(H2,15,16,17)/t11-/m0/s1. The molecule has 1 aliphatic heterocycles. The van der Waals surface area contributed by atoms with E-state index in [-0.39, 0.29) is 17.5 Å². The van der Waals surface area contributed by atoms with Crippen LogP contribution >= 0.6 is 0 Å². The number of hydrogen-bond acceptors (Lipinski definition) is 4. The smallest absolute Gasteiger partial charge is 0.319 e. The molecule has 21 heavy (non-hydrogen) atoms. The summed E-state index contributed by atoms with van der Waals surface area (Å²) in [4.78, 5) is 11.9. The number of para-hydroxylation sites is 2. The summed E-state index contributed by atoms with van der Waals surface area (Å²) >= 11 is 0. The van der Waals surface area contributed by atoms with Gasteiger partial charge < -0.3 is 15.4 Å². The van der Waals surface area contributed by atoms with Crippen LogP contribution < -0.4 is 15.4 Å². The highest BCUT2D eigenvalue weighted by atomic mass is 32.2. The van der Waals surface area contributed by atoms with Crippen molar-refractivity contribution in [3.05, 3.63) is 24.3 Å². The fourth-order valence-corrected chi connectivity index (χ4v) is 3.83. The minimum Gasteiger partial charge on any atom is -0.491 e. The van der Waals surface area contributed by atoms with E-state index in [0.29, 0.717) is 24.5 Å². The Bertz CT molecular complexity index is 601. The fraction of sp³-hybridized carbons (Fsp3) is 0.500. The van der Waals surface area contributed by atoms with Gasteiger partial charge in [-0.2, -0.15) is 0 Å². The Kier molecular flexibility index (Phi) is 5.06. The molecule has 6 nitrogen and oxygen atoms in total. The summed E-state index contributed by atoms with van der Waals surface area (Å²) in [5, 5.41) is 5.39. The van der Waals surface area contributed by atoms with Crippen molar-refractivity contribution in [1.82, 2.24) is 5.32 Å². The van der Waals surface area contributed by atoms with Gasteiger partial charge in [-0.1, -0.05) is 19.1 Å². The summed E-state index contributed by atoms with van der Waals surface area (Å²) in [5.41, 5.74) is 0.573. The van der Waals surface area contributed by atoms with Crippen molar-refractivity contribution in [2.75, 3.05) is 23.4 Å². The lowest BCUT2D eigenvalue weighted by Crippen LogP contribution is -2.38. The Morgan fingerprint density at radius 3 is 2.81 bits per heavy atom. The van der Waals surface area contributed by atoms with Crippen LogP contribution in [0.15, 0.2) is 24.3 Å². The maximum absolute atomic E-state index is 11.9. The molecule has 0 aliphatic carbocycles. The van der Waals surface area contributed by atoms with Crippen molar-refractivity contribution >= 4 is 21.6 Å². The molecule has 0 aromatic heterocycles. The number of anilines is 1. The number of rotatable bonds is 5. The van der Waals surface area contributed by atoms with E-state index in [0.717, 1.165) is 6.42 Å². The first-order valence-electron chi connectivity index (χ1n) is 7.00. The molecule has 0 bridgehead atoms. The summed E-state index contributed by atoms with van der Waals surface area (Å²) in [6.45, 7) is 2.57. The van der Waals surface area contributed by atoms with E-state index in [1.54, 1.807) is 18.2 Å². The Morgan fingerprint density at radius 2 is 2.14 bits per heavy atom. The molecule has 1 atom stereocenters. The van der Waals surface area contributed by atoms with Crippen molar-refractivity contribution in [1.29, 1.82) is 0 Å². The van der Waals surface area contributed by atoms with Gasteiger partial charge in [0, 0.05) is 6.04 Å². The van der Waals surface area contributed by atoms with Gasteiger partial charge >= 0.3 is 6.03 Å². The SMILES string of the molecule is CCCOc1ccccc1NC(=O)N[C@H]1CCS(=O)(=O)C1. The summed E-state index contributed by atoms with van der Waals surface area (Å²) in [6, 6.07) is 6.43. The Morgan fingerprint density at radius 1 is 1.38 bits per heavy atom. The Labute approximate surface area is 124 Å². The molecule has 0 saturated carbocycles.